The zero-order chi connectivity index (χ0) is 15.9. The van der Waals surface area contributed by atoms with E-state index in [-0.39, 0.29) is 16.2 Å². The van der Waals surface area contributed by atoms with Crippen molar-refractivity contribution in [3.8, 4) is 0 Å². The molecule has 116 valence electrons. The van der Waals surface area contributed by atoms with Gasteiger partial charge in [-0.1, -0.05) is 29.4 Å². The minimum atomic E-state index is -1.10. The molecule has 0 aromatic heterocycles. The summed E-state index contributed by atoms with van der Waals surface area (Å²) in [7, 11) is 0. The normalized spacial score (nSPS) is 21.5. The van der Waals surface area contributed by atoms with E-state index in [2.05, 4.69) is 4.99 Å². The maximum atomic E-state index is 14.4. The maximum Gasteiger partial charge on any atom is 0.335 e. The van der Waals surface area contributed by atoms with Crippen molar-refractivity contribution in [2.75, 3.05) is 12.3 Å². The summed E-state index contributed by atoms with van der Waals surface area (Å²) in [4.78, 5) is 17.9. The number of rotatable bonds is 2. The lowest BCUT2D eigenvalue weighted by atomic mass is 9.94. The van der Waals surface area contributed by atoms with Crippen molar-refractivity contribution in [3.05, 3.63) is 45.9 Å². The van der Waals surface area contributed by atoms with Crippen LogP contribution in [0.1, 0.15) is 24.9 Å². The average molecular weight is 341 g/mol. The van der Waals surface area contributed by atoms with Crippen LogP contribution >= 0.6 is 23.4 Å². The molecule has 1 unspecified atom stereocenters. The molecule has 1 fully saturated rings. The SMILES string of the molecule is CC1=C(C(=O)O)C(c2c(F)cccc2Cl)N2CCCSC2=N1. The molecule has 1 N–H and O–H groups in total. The van der Waals surface area contributed by atoms with Crippen molar-refractivity contribution in [3.63, 3.8) is 0 Å². The molecule has 0 aliphatic carbocycles. The summed E-state index contributed by atoms with van der Waals surface area (Å²) in [5, 5.41) is 10.6. The molecule has 1 saturated heterocycles. The number of carboxylic acid groups (broad SMARTS) is 1. The molecular formula is C15H14ClFN2O2S. The van der Waals surface area contributed by atoms with Gasteiger partial charge in [-0.2, -0.15) is 0 Å². The molecule has 1 atom stereocenters. The average Bonchev–Trinajstić information content (AvgIpc) is 2.46. The molecule has 0 radical (unpaired) electrons. The number of hydrogen-bond acceptors (Lipinski definition) is 4. The number of fused-ring (bicyclic) bond motifs is 1. The number of hydrogen-bond donors (Lipinski definition) is 1. The van der Waals surface area contributed by atoms with E-state index in [9.17, 15) is 14.3 Å². The molecule has 1 aromatic rings. The van der Waals surface area contributed by atoms with Crippen molar-refractivity contribution < 1.29 is 14.3 Å². The highest BCUT2D eigenvalue weighted by molar-refractivity contribution is 8.13. The van der Waals surface area contributed by atoms with Crippen LogP contribution in [0.3, 0.4) is 0 Å². The number of amidine groups is 1. The van der Waals surface area contributed by atoms with E-state index >= 15 is 0 Å². The first-order chi connectivity index (χ1) is 10.5. The van der Waals surface area contributed by atoms with Gasteiger partial charge in [0.2, 0.25) is 0 Å². The molecular weight excluding hydrogens is 327 g/mol. The Morgan fingerprint density at radius 2 is 2.32 bits per heavy atom. The second-order valence-corrected chi connectivity index (χ2v) is 6.60. The van der Waals surface area contributed by atoms with Gasteiger partial charge in [0.1, 0.15) is 5.82 Å². The Morgan fingerprint density at radius 3 is 3.00 bits per heavy atom. The molecule has 7 heteroatoms. The van der Waals surface area contributed by atoms with Crippen LogP contribution in [0.2, 0.25) is 5.02 Å². The molecule has 4 nitrogen and oxygen atoms in total. The number of nitrogens with zero attached hydrogens (tertiary/aromatic N) is 2. The lowest BCUT2D eigenvalue weighted by Crippen LogP contribution is -2.42. The van der Waals surface area contributed by atoms with E-state index in [1.165, 1.54) is 12.1 Å². The smallest absolute Gasteiger partial charge is 0.335 e. The number of carboxylic acids is 1. The van der Waals surface area contributed by atoms with Crippen molar-refractivity contribution in [1.82, 2.24) is 4.90 Å². The summed E-state index contributed by atoms with van der Waals surface area (Å²) in [6.45, 7) is 2.27. The largest absolute Gasteiger partial charge is 0.478 e. The van der Waals surface area contributed by atoms with Crippen LogP contribution in [0.25, 0.3) is 0 Å². The van der Waals surface area contributed by atoms with Crippen LogP contribution in [0.4, 0.5) is 4.39 Å². The number of aliphatic imine (C=N–C) groups is 1. The Balaban J connectivity index is 2.21. The number of thioether (sulfide) groups is 1. The highest BCUT2D eigenvalue weighted by atomic mass is 35.5. The number of halogens is 2. The van der Waals surface area contributed by atoms with Gasteiger partial charge in [0.25, 0.3) is 0 Å². The molecule has 0 bridgehead atoms. The lowest BCUT2D eigenvalue weighted by Gasteiger charge is -2.40. The van der Waals surface area contributed by atoms with E-state index in [4.69, 9.17) is 11.6 Å². The molecule has 0 amide bonds. The minimum Gasteiger partial charge on any atom is -0.478 e. The maximum absolute atomic E-state index is 14.4. The van der Waals surface area contributed by atoms with Gasteiger partial charge in [0.05, 0.1) is 17.3 Å². The number of benzene rings is 1. The summed E-state index contributed by atoms with van der Waals surface area (Å²) >= 11 is 7.74. The van der Waals surface area contributed by atoms with Crippen molar-refractivity contribution in [1.29, 1.82) is 0 Å². The lowest BCUT2D eigenvalue weighted by molar-refractivity contribution is -0.133. The van der Waals surface area contributed by atoms with Gasteiger partial charge in [-0.05, 0) is 25.5 Å². The van der Waals surface area contributed by atoms with Crippen LogP contribution in [-0.2, 0) is 4.79 Å². The monoisotopic (exact) mass is 340 g/mol. The van der Waals surface area contributed by atoms with E-state index in [0.717, 1.165) is 17.3 Å². The fourth-order valence-corrected chi connectivity index (χ4v) is 4.10. The fourth-order valence-electron chi connectivity index (χ4n) is 2.81. The van der Waals surface area contributed by atoms with Gasteiger partial charge in [0, 0.05) is 22.9 Å². The third kappa shape index (κ3) is 2.50. The predicted octanol–water partition coefficient (Wildman–Crippen LogP) is 3.69. The van der Waals surface area contributed by atoms with Gasteiger partial charge >= 0.3 is 5.97 Å². The van der Waals surface area contributed by atoms with E-state index in [0.29, 0.717) is 12.2 Å². The number of carbonyl (C=O) groups is 1. The fraction of sp³-hybridized carbons (Fsp3) is 0.333. The second-order valence-electron chi connectivity index (χ2n) is 5.13. The topological polar surface area (TPSA) is 52.9 Å². The third-order valence-electron chi connectivity index (χ3n) is 3.76. The number of allylic oxidation sites excluding steroid dienone is 1. The molecule has 0 spiro atoms. The Labute approximate surface area is 136 Å². The first kappa shape index (κ1) is 15.4. The van der Waals surface area contributed by atoms with Crippen molar-refractivity contribution in [2.45, 2.75) is 19.4 Å². The zero-order valence-corrected chi connectivity index (χ0v) is 13.4. The van der Waals surface area contributed by atoms with Gasteiger partial charge in [-0.15, -0.1) is 0 Å². The first-order valence-electron chi connectivity index (χ1n) is 6.87. The molecule has 3 rings (SSSR count). The van der Waals surface area contributed by atoms with Gasteiger partial charge in [-0.25, -0.2) is 14.2 Å². The van der Waals surface area contributed by atoms with Crippen LogP contribution in [0.5, 0.6) is 0 Å². The molecule has 22 heavy (non-hydrogen) atoms. The van der Waals surface area contributed by atoms with Crippen molar-refractivity contribution >= 4 is 34.5 Å². The van der Waals surface area contributed by atoms with Crippen LogP contribution in [0.15, 0.2) is 34.5 Å². The van der Waals surface area contributed by atoms with Gasteiger partial charge in [0.15, 0.2) is 5.17 Å². The second kappa shape index (κ2) is 5.93. The minimum absolute atomic E-state index is 0.0817. The molecule has 2 aliphatic rings. The molecule has 0 saturated carbocycles. The number of aliphatic carboxylic acids is 1. The van der Waals surface area contributed by atoms with E-state index in [1.807, 2.05) is 4.90 Å². The van der Waals surface area contributed by atoms with E-state index in [1.54, 1.807) is 24.8 Å². The molecule has 2 heterocycles. The van der Waals surface area contributed by atoms with Gasteiger partial charge in [-0.3, -0.25) is 0 Å². The summed E-state index contributed by atoms with van der Waals surface area (Å²) in [5.41, 5.74) is 0.687. The highest BCUT2D eigenvalue weighted by Crippen LogP contribution is 2.42. The third-order valence-corrected chi connectivity index (χ3v) is 5.17. The Hall–Kier alpha value is -1.53. The Morgan fingerprint density at radius 1 is 1.55 bits per heavy atom. The van der Waals surface area contributed by atoms with E-state index < -0.39 is 17.8 Å². The summed E-state index contributed by atoms with van der Waals surface area (Å²) in [6.07, 6.45) is 0.887. The Bertz CT molecular complexity index is 685. The standard InChI is InChI=1S/C15H14ClFN2O2S/c1-8-11(14(20)21)13(12-9(16)4-2-5-10(12)17)19-6-3-7-22-15(19)18-8/h2,4-5,13H,3,6-7H2,1H3,(H,20,21). The van der Waals surface area contributed by atoms with Crippen molar-refractivity contribution in [2.24, 2.45) is 4.99 Å². The van der Waals surface area contributed by atoms with Crippen LogP contribution in [0, 0.1) is 5.82 Å². The molecule has 2 aliphatic heterocycles. The summed E-state index contributed by atoms with van der Waals surface area (Å²) in [6, 6.07) is 3.66. The van der Waals surface area contributed by atoms with Crippen LogP contribution in [-0.4, -0.2) is 33.4 Å². The first-order valence-corrected chi connectivity index (χ1v) is 8.23. The Kier molecular flexibility index (Phi) is 4.14. The molecule has 1 aromatic carbocycles. The zero-order valence-electron chi connectivity index (χ0n) is 11.8. The quantitative estimate of drug-likeness (QED) is 0.892. The highest BCUT2D eigenvalue weighted by Gasteiger charge is 2.39. The van der Waals surface area contributed by atoms with Crippen LogP contribution < -0.4 is 0 Å². The van der Waals surface area contributed by atoms with Gasteiger partial charge < -0.3 is 10.0 Å². The predicted molar refractivity (Wildman–Crippen MR) is 85.7 cm³/mol. The summed E-state index contributed by atoms with van der Waals surface area (Å²) in [5.74, 6) is -0.677. The summed E-state index contributed by atoms with van der Waals surface area (Å²) < 4.78 is 14.4.